The fraction of sp³-hybridized carbons (Fsp3) is 0.500. The van der Waals surface area contributed by atoms with E-state index in [1.807, 2.05) is 0 Å². The first kappa shape index (κ1) is 2.25. The Morgan fingerprint density at radius 3 is 2.60 bits per heavy atom. The number of allylic oxidation sites excluding steroid dienone is 1. The van der Waals surface area contributed by atoms with Crippen molar-refractivity contribution in [3.63, 3.8) is 0 Å². The zero-order chi connectivity index (χ0) is 6.08. The first-order chi connectivity index (χ1) is 2.94. The van der Waals surface area contributed by atoms with E-state index in [0.29, 0.717) is 5.57 Å². The fourth-order valence-corrected chi connectivity index (χ4v) is 0. The van der Waals surface area contributed by atoms with Crippen LogP contribution >= 0.6 is 11.6 Å². The lowest BCUT2D eigenvalue weighted by Gasteiger charge is -1.77. The van der Waals surface area contributed by atoms with Gasteiger partial charge in [0, 0.05) is 8.57 Å². The Hall–Kier alpha value is 0.0300. The summed E-state index contributed by atoms with van der Waals surface area (Å²) in [6.45, 7) is 4.87. The summed E-state index contributed by atoms with van der Waals surface area (Å²) >= 11 is 5.10. The molecule has 30 valence electrons. The third kappa shape index (κ3) is 4.03. The maximum absolute atomic E-state index is 6.72. The second kappa shape index (κ2) is 2.28. The van der Waals surface area contributed by atoms with Crippen LogP contribution < -0.4 is 0 Å². The van der Waals surface area contributed by atoms with Gasteiger partial charge in [-0.2, -0.15) is 0 Å². The summed E-state index contributed by atoms with van der Waals surface area (Å²) in [4.78, 5) is 0. The van der Waals surface area contributed by atoms with Crippen molar-refractivity contribution in [2.24, 2.45) is 0 Å². The maximum Gasteiger partial charge on any atom is 0.0482 e. The van der Waals surface area contributed by atoms with Crippen LogP contribution in [0.4, 0.5) is 0 Å². The zero-order valence-corrected chi connectivity index (χ0v) is 3.84. The molecule has 0 aliphatic carbocycles. The average Bonchev–Trinajstić information content (AvgIpc) is 1.31. The third-order valence-electron chi connectivity index (χ3n) is 0.161. The molecule has 0 heterocycles. The molecule has 0 nitrogen and oxygen atoms in total. The topological polar surface area (TPSA) is 0 Å². The van der Waals surface area contributed by atoms with Crippen molar-refractivity contribution in [1.29, 1.82) is 0 Å². The predicted octanol–water partition coefficient (Wildman–Crippen LogP) is 1.80. The summed E-state index contributed by atoms with van der Waals surface area (Å²) in [5.41, 5.74) is 0.342. The van der Waals surface area contributed by atoms with E-state index >= 15 is 0 Å². The standard InChI is InChI=1S/C4H7Cl/c1-4(2)3-5/h1,3H2,2H3/i3D2. The van der Waals surface area contributed by atoms with Gasteiger partial charge in [-0.25, -0.2) is 0 Å². The molecule has 0 aromatic heterocycles. The molecule has 5 heavy (non-hydrogen) atoms. The molecule has 0 bridgehead atoms. The van der Waals surface area contributed by atoms with E-state index in [9.17, 15) is 0 Å². The van der Waals surface area contributed by atoms with Gasteiger partial charge in [0.15, 0.2) is 0 Å². The van der Waals surface area contributed by atoms with Gasteiger partial charge in [0.1, 0.15) is 0 Å². The van der Waals surface area contributed by atoms with E-state index in [4.69, 9.17) is 14.3 Å². The molecule has 0 saturated heterocycles. The van der Waals surface area contributed by atoms with Gasteiger partial charge < -0.3 is 0 Å². The highest BCUT2D eigenvalue weighted by atomic mass is 35.5. The number of rotatable bonds is 1. The average molecular weight is 92.6 g/mol. The first-order valence-electron chi connectivity index (χ1n) is 2.29. The van der Waals surface area contributed by atoms with Crippen LogP contribution in [0.25, 0.3) is 0 Å². The van der Waals surface area contributed by atoms with E-state index in [1.165, 1.54) is 0 Å². The van der Waals surface area contributed by atoms with Gasteiger partial charge in [0.2, 0.25) is 0 Å². The van der Waals surface area contributed by atoms with E-state index in [-0.39, 0.29) is 0 Å². The van der Waals surface area contributed by atoms with Crippen LogP contribution in [-0.2, 0) is 0 Å². The lowest BCUT2D eigenvalue weighted by atomic mass is 10.4. The normalized spacial score (nSPS) is 16.4. The molecular weight excluding hydrogens is 83.5 g/mol. The highest BCUT2D eigenvalue weighted by Gasteiger charge is 1.70. The number of halogens is 1. The Bertz CT molecular complexity index is 82.2. The maximum atomic E-state index is 6.72. The molecule has 0 aromatic rings. The molecule has 0 aromatic carbocycles. The molecule has 0 rings (SSSR count). The van der Waals surface area contributed by atoms with Crippen molar-refractivity contribution < 1.29 is 2.74 Å². The lowest BCUT2D eigenvalue weighted by Crippen LogP contribution is -1.65. The van der Waals surface area contributed by atoms with Crippen molar-refractivity contribution in [3.05, 3.63) is 12.2 Å². The molecule has 0 aliphatic rings. The van der Waals surface area contributed by atoms with E-state index in [2.05, 4.69) is 6.58 Å². The molecule has 0 radical (unpaired) electrons. The van der Waals surface area contributed by atoms with Crippen LogP contribution in [0.15, 0.2) is 12.2 Å². The van der Waals surface area contributed by atoms with Gasteiger partial charge >= 0.3 is 0 Å². The van der Waals surface area contributed by atoms with Gasteiger partial charge in [-0.05, 0) is 6.92 Å². The second-order valence-electron chi connectivity index (χ2n) is 0.875. The minimum atomic E-state index is -1.72. The Balaban J connectivity index is 3.79. The molecule has 0 N–H and O–H groups in total. The Morgan fingerprint density at radius 2 is 2.60 bits per heavy atom. The molecule has 0 unspecified atom stereocenters. The molecular formula is C4H7Cl. The minimum Gasteiger partial charge on any atom is -0.122 e. The number of hydrogen-bond acceptors (Lipinski definition) is 0. The van der Waals surface area contributed by atoms with Crippen molar-refractivity contribution in [2.75, 3.05) is 5.83 Å². The fourth-order valence-electron chi connectivity index (χ4n) is 0. The van der Waals surface area contributed by atoms with Crippen molar-refractivity contribution in [1.82, 2.24) is 0 Å². The van der Waals surface area contributed by atoms with Gasteiger partial charge in [0.25, 0.3) is 0 Å². The summed E-state index contributed by atoms with van der Waals surface area (Å²) in [6, 6.07) is 0. The smallest absolute Gasteiger partial charge is 0.0482 e. The molecule has 0 amide bonds. The Morgan fingerprint density at radius 1 is 2.40 bits per heavy atom. The number of hydrogen-bond donors (Lipinski definition) is 0. The van der Waals surface area contributed by atoms with Crippen molar-refractivity contribution >= 4 is 11.6 Å². The van der Waals surface area contributed by atoms with Crippen LogP contribution in [0, 0.1) is 0 Å². The summed E-state index contributed by atoms with van der Waals surface area (Å²) in [5.74, 6) is -1.72. The van der Waals surface area contributed by atoms with Gasteiger partial charge in [-0.1, -0.05) is 12.2 Å². The highest BCUT2D eigenvalue weighted by Crippen LogP contribution is 1.86. The lowest BCUT2D eigenvalue weighted by molar-refractivity contribution is 1.43. The summed E-state index contributed by atoms with van der Waals surface area (Å²) < 4.78 is 13.4. The first-order valence-corrected chi connectivity index (χ1v) is 1.67. The SMILES string of the molecule is [2H]C([2H])(Cl)C(=C)C. The van der Waals surface area contributed by atoms with Crippen LogP contribution in [0.5, 0.6) is 0 Å². The molecule has 1 heteroatoms. The minimum absolute atomic E-state index is 0.342. The highest BCUT2D eigenvalue weighted by molar-refractivity contribution is 6.19. The van der Waals surface area contributed by atoms with Gasteiger partial charge in [-0.3, -0.25) is 0 Å². The van der Waals surface area contributed by atoms with Crippen LogP contribution in [0.2, 0.25) is 0 Å². The third-order valence-corrected chi connectivity index (χ3v) is 0.484. The molecule has 0 saturated carbocycles. The van der Waals surface area contributed by atoms with Gasteiger partial charge in [-0.15, -0.1) is 11.6 Å². The predicted molar refractivity (Wildman–Crippen MR) is 25.5 cm³/mol. The van der Waals surface area contributed by atoms with E-state index in [1.54, 1.807) is 6.92 Å². The number of alkyl halides is 1. The zero-order valence-electron chi connectivity index (χ0n) is 5.09. The quantitative estimate of drug-likeness (QED) is 0.342. The van der Waals surface area contributed by atoms with Crippen molar-refractivity contribution in [2.45, 2.75) is 6.92 Å². The van der Waals surface area contributed by atoms with E-state index in [0.717, 1.165) is 0 Å². The molecule has 0 spiro atoms. The van der Waals surface area contributed by atoms with Crippen LogP contribution in [0.3, 0.4) is 0 Å². The Labute approximate surface area is 40.3 Å². The summed E-state index contributed by atoms with van der Waals surface area (Å²) in [6.07, 6.45) is 0. The monoisotopic (exact) mass is 92.0 g/mol. The summed E-state index contributed by atoms with van der Waals surface area (Å²) in [7, 11) is 0. The molecule has 0 atom stereocenters. The van der Waals surface area contributed by atoms with Crippen LogP contribution in [0.1, 0.15) is 9.67 Å². The van der Waals surface area contributed by atoms with Crippen LogP contribution in [-0.4, -0.2) is 5.83 Å². The van der Waals surface area contributed by atoms with Gasteiger partial charge in [0.05, 0.1) is 0 Å². The Kier molecular flexibility index (Phi) is 1.02. The summed E-state index contributed by atoms with van der Waals surface area (Å²) in [5, 5.41) is 0. The molecule has 0 aliphatic heterocycles. The second-order valence-corrected chi connectivity index (χ2v) is 1.06. The van der Waals surface area contributed by atoms with Crippen molar-refractivity contribution in [3.8, 4) is 0 Å². The molecule has 0 fully saturated rings. The largest absolute Gasteiger partial charge is 0.122 e. The van der Waals surface area contributed by atoms with E-state index < -0.39 is 5.83 Å².